The summed E-state index contributed by atoms with van der Waals surface area (Å²) in [5.74, 6) is -0.283. The Morgan fingerprint density at radius 1 is 1.23 bits per heavy atom. The van der Waals surface area contributed by atoms with Gasteiger partial charge in [0, 0.05) is 48.3 Å². The summed E-state index contributed by atoms with van der Waals surface area (Å²) in [6, 6.07) is 5.10. The van der Waals surface area contributed by atoms with Gasteiger partial charge in [0.1, 0.15) is 5.82 Å². The van der Waals surface area contributed by atoms with E-state index >= 15 is 0 Å². The van der Waals surface area contributed by atoms with Crippen molar-refractivity contribution in [2.45, 2.75) is 63.1 Å². The van der Waals surface area contributed by atoms with E-state index in [2.05, 4.69) is 15.1 Å². The third-order valence-corrected chi connectivity index (χ3v) is 7.27. The van der Waals surface area contributed by atoms with Gasteiger partial charge in [0.25, 0.3) is 0 Å². The molecule has 1 aromatic rings. The van der Waals surface area contributed by atoms with E-state index in [0.29, 0.717) is 29.7 Å². The van der Waals surface area contributed by atoms with Crippen LogP contribution in [0.15, 0.2) is 18.2 Å². The lowest BCUT2D eigenvalue weighted by atomic mass is 9.79. The first-order chi connectivity index (χ1) is 14.6. The second-order valence-electron chi connectivity index (χ2n) is 9.00. The maximum atomic E-state index is 14.3. The number of rotatable bonds is 8. The van der Waals surface area contributed by atoms with Crippen LogP contribution < -0.4 is 5.32 Å². The zero-order valence-electron chi connectivity index (χ0n) is 17.7. The van der Waals surface area contributed by atoms with Crippen molar-refractivity contribution in [2.24, 2.45) is 0 Å². The minimum absolute atomic E-state index is 0.0209. The highest BCUT2D eigenvalue weighted by Gasteiger charge is 2.39. The van der Waals surface area contributed by atoms with Crippen LogP contribution in [0.1, 0.15) is 50.5 Å². The predicted molar refractivity (Wildman–Crippen MR) is 116 cm³/mol. The van der Waals surface area contributed by atoms with Crippen LogP contribution in [-0.2, 0) is 16.1 Å². The molecule has 3 aliphatic rings. The van der Waals surface area contributed by atoms with Gasteiger partial charge in [-0.05, 0) is 37.8 Å². The van der Waals surface area contributed by atoms with Crippen molar-refractivity contribution in [1.82, 2.24) is 15.1 Å². The summed E-state index contributed by atoms with van der Waals surface area (Å²) in [7, 11) is 0. The van der Waals surface area contributed by atoms with Crippen LogP contribution in [0.5, 0.6) is 0 Å². The number of amides is 1. The smallest absolute Gasteiger partial charge is 0.234 e. The van der Waals surface area contributed by atoms with Crippen molar-refractivity contribution in [3.05, 3.63) is 34.6 Å². The van der Waals surface area contributed by atoms with E-state index in [-0.39, 0.29) is 23.8 Å². The van der Waals surface area contributed by atoms with Crippen LogP contribution >= 0.6 is 11.6 Å². The van der Waals surface area contributed by atoms with E-state index in [1.807, 2.05) is 0 Å². The van der Waals surface area contributed by atoms with Crippen LogP contribution in [0.2, 0.25) is 5.02 Å². The zero-order valence-corrected chi connectivity index (χ0v) is 18.4. The molecular formula is C23H33ClFN3O2. The van der Waals surface area contributed by atoms with Crippen LogP contribution in [0.3, 0.4) is 0 Å². The Hall–Kier alpha value is -1.21. The molecule has 1 amide bonds. The summed E-state index contributed by atoms with van der Waals surface area (Å²) in [5, 5.41) is 3.65. The number of nitrogens with one attached hydrogen (secondary N) is 1. The maximum Gasteiger partial charge on any atom is 0.234 e. The van der Waals surface area contributed by atoms with Gasteiger partial charge in [-0.1, -0.05) is 36.9 Å². The van der Waals surface area contributed by atoms with Gasteiger partial charge < -0.3 is 10.1 Å². The summed E-state index contributed by atoms with van der Waals surface area (Å²) in [6.07, 6.45) is 8.07. The molecule has 1 saturated heterocycles. The fourth-order valence-corrected chi connectivity index (χ4v) is 5.22. The molecule has 2 aliphatic carbocycles. The van der Waals surface area contributed by atoms with Gasteiger partial charge in [-0.15, -0.1) is 0 Å². The van der Waals surface area contributed by atoms with Crippen LogP contribution in [0.4, 0.5) is 4.39 Å². The summed E-state index contributed by atoms with van der Waals surface area (Å²) < 4.78 is 19.8. The normalized spacial score (nSPS) is 22.2. The number of hydrogen-bond donors (Lipinski definition) is 1. The molecule has 4 rings (SSSR count). The van der Waals surface area contributed by atoms with Crippen LogP contribution in [-0.4, -0.2) is 66.7 Å². The molecule has 166 valence electrons. The first-order valence-electron chi connectivity index (χ1n) is 11.3. The number of morpholine rings is 1. The third-order valence-electron chi connectivity index (χ3n) is 6.91. The van der Waals surface area contributed by atoms with E-state index in [1.165, 1.54) is 25.3 Å². The van der Waals surface area contributed by atoms with Crippen molar-refractivity contribution in [3.8, 4) is 0 Å². The SMILES string of the molecule is O=C(CN(Cc1c(F)cccc1Cl)C1CC1)NCC1(N2CCOCC2)CCCCC1. The molecular weight excluding hydrogens is 405 g/mol. The molecule has 2 saturated carbocycles. The number of benzene rings is 1. The molecule has 0 unspecified atom stereocenters. The third kappa shape index (κ3) is 5.34. The van der Waals surface area contributed by atoms with Gasteiger partial charge in [-0.2, -0.15) is 0 Å². The Morgan fingerprint density at radius 2 is 1.97 bits per heavy atom. The second-order valence-corrected chi connectivity index (χ2v) is 9.40. The number of nitrogens with zero attached hydrogens (tertiary/aromatic N) is 2. The molecule has 0 spiro atoms. The number of hydrogen-bond acceptors (Lipinski definition) is 4. The number of carbonyl (C=O) groups is 1. The average Bonchev–Trinajstić information content (AvgIpc) is 3.61. The Bertz CT molecular complexity index is 711. The minimum atomic E-state index is -0.304. The Labute approximate surface area is 183 Å². The van der Waals surface area contributed by atoms with E-state index in [1.54, 1.807) is 12.1 Å². The molecule has 0 atom stereocenters. The Kier molecular flexibility index (Phi) is 7.29. The first kappa shape index (κ1) is 22.0. The molecule has 0 bridgehead atoms. The van der Waals surface area contributed by atoms with E-state index in [9.17, 15) is 9.18 Å². The number of carbonyl (C=O) groups excluding carboxylic acids is 1. The average molecular weight is 438 g/mol. The summed E-state index contributed by atoms with van der Waals surface area (Å²) >= 11 is 6.22. The quantitative estimate of drug-likeness (QED) is 0.675. The van der Waals surface area contributed by atoms with Crippen LogP contribution in [0.25, 0.3) is 0 Å². The van der Waals surface area contributed by atoms with Gasteiger partial charge in [0.2, 0.25) is 5.91 Å². The zero-order chi connectivity index (χ0) is 21.0. The molecule has 1 heterocycles. The number of halogens is 2. The Balaban J connectivity index is 1.37. The highest BCUT2D eigenvalue weighted by Crippen LogP contribution is 2.34. The van der Waals surface area contributed by atoms with Crippen molar-refractivity contribution >= 4 is 17.5 Å². The highest BCUT2D eigenvalue weighted by atomic mass is 35.5. The van der Waals surface area contributed by atoms with Gasteiger partial charge in [-0.3, -0.25) is 14.6 Å². The fraction of sp³-hybridized carbons (Fsp3) is 0.696. The standard InChI is InChI=1S/C23H33ClFN3O2/c24-20-5-4-6-21(25)19(20)15-27(18-7-8-18)16-22(29)26-17-23(9-2-1-3-10-23)28-11-13-30-14-12-28/h4-6,18H,1-3,7-17H2,(H,26,29). The molecule has 1 aliphatic heterocycles. The van der Waals surface area contributed by atoms with Gasteiger partial charge in [-0.25, -0.2) is 4.39 Å². The van der Waals surface area contributed by atoms with Gasteiger partial charge in [0.05, 0.1) is 19.8 Å². The van der Waals surface area contributed by atoms with E-state index in [4.69, 9.17) is 16.3 Å². The molecule has 0 radical (unpaired) electrons. The minimum Gasteiger partial charge on any atom is -0.379 e. The summed E-state index contributed by atoms with van der Waals surface area (Å²) in [5.41, 5.74) is 0.535. The topological polar surface area (TPSA) is 44.8 Å². The summed E-state index contributed by atoms with van der Waals surface area (Å²) in [6.45, 7) is 4.77. The molecule has 5 nitrogen and oxygen atoms in total. The maximum absolute atomic E-state index is 14.3. The van der Waals surface area contributed by atoms with E-state index in [0.717, 1.165) is 52.0 Å². The fourth-order valence-electron chi connectivity index (χ4n) is 5.00. The molecule has 3 fully saturated rings. The lowest BCUT2D eigenvalue weighted by molar-refractivity contribution is -0.123. The van der Waals surface area contributed by atoms with Crippen molar-refractivity contribution < 1.29 is 13.9 Å². The number of ether oxygens (including phenoxy) is 1. The monoisotopic (exact) mass is 437 g/mol. The molecule has 30 heavy (non-hydrogen) atoms. The lowest BCUT2D eigenvalue weighted by Gasteiger charge is -2.48. The molecule has 1 aromatic carbocycles. The predicted octanol–water partition coefficient (Wildman–Crippen LogP) is 3.59. The van der Waals surface area contributed by atoms with E-state index < -0.39 is 0 Å². The largest absolute Gasteiger partial charge is 0.379 e. The molecule has 0 aromatic heterocycles. The molecule has 7 heteroatoms. The Morgan fingerprint density at radius 3 is 2.63 bits per heavy atom. The highest BCUT2D eigenvalue weighted by molar-refractivity contribution is 6.31. The lowest BCUT2D eigenvalue weighted by Crippen LogP contribution is -2.60. The van der Waals surface area contributed by atoms with Crippen molar-refractivity contribution in [1.29, 1.82) is 0 Å². The van der Waals surface area contributed by atoms with Gasteiger partial charge in [0.15, 0.2) is 0 Å². The van der Waals surface area contributed by atoms with Crippen molar-refractivity contribution in [2.75, 3.05) is 39.4 Å². The second kappa shape index (κ2) is 9.94. The van der Waals surface area contributed by atoms with Crippen LogP contribution in [0, 0.1) is 5.82 Å². The van der Waals surface area contributed by atoms with Crippen molar-refractivity contribution in [3.63, 3.8) is 0 Å². The molecule has 1 N–H and O–H groups in total. The van der Waals surface area contributed by atoms with Gasteiger partial charge >= 0.3 is 0 Å². The first-order valence-corrected chi connectivity index (χ1v) is 11.7. The summed E-state index contributed by atoms with van der Waals surface area (Å²) in [4.78, 5) is 17.5.